The molecule has 5 heterocycles. The number of carbonyl (C=O) groups is 1. The molecular formula is C21H25N9O2. The number of rotatable bonds is 5. The van der Waals surface area contributed by atoms with Crippen molar-refractivity contribution in [2.24, 2.45) is 14.1 Å². The molecule has 0 aromatic carbocycles. The Bertz CT molecular complexity index is 1300. The molecule has 1 fully saturated rings. The van der Waals surface area contributed by atoms with Gasteiger partial charge in [-0.2, -0.15) is 15.2 Å². The summed E-state index contributed by atoms with van der Waals surface area (Å²) in [5, 5.41) is 8.64. The predicted octanol–water partition coefficient (Wildman–Crippen LogP) is 1.58. The molecule has 1 saturated heterocycles. The highest BCUT2D eigenvalue weighted by atomic mass is 16.5. The van der Waals surface area contributed by atoms with Gasteiger partial charge in [0.1, 0.15) is 23.9 Å². The van der Waals surface area contributed by atoms with Crippen LogP contribution in [0.25, 0.3) is 22.6 Å². The number of imidazole rings is 1. The number of hydrogen-bond acceptors (Lipinski definition) is 7. The van der Waals surface area contributed by atoms with Crippen LogP contribution in [0.1, 0.15) is 29.5 Å². The number of hydrogen-bond donors (Lipinski definition) is 0. The first-order chi connectivity index (χ1) is 15.5. The minimum absolute atomic E-state index is 0.0898. The molecule has 0 unspecified atom stereocenters. The molecule has 0 bridgehead atoms. The standard InChI is InChI=1S/C21H25N9O2/c1-5-30-13(2)15(10-24-30)18-25-17-19(28(18)4)22-12-23-20(17)32-14-6-9-29(11-14)21(31)16-7-8-27(3)26-16/h7-8,10,12,14H,5-6,9,11H2,1-4H3/t14-/m0/s1. The van der Waals surface area contributed by atoms with Crippen molar-refractivity contribution in [3.05, 3.63) is 36.2 Å². The van der Waals surface area contributed by atoms with E-state index in [-0.39, 0.29) is 12.0 Å². The van der Waals surface area contributed by atoms with Crippen LogP contribution in [0, 0.1) is 6.92 Å². The Morgan fingerprint density at radius 1 is 1.28 bits per heavy atom. The summed E-state index contributed by atoms with van der Waals surface area (Å²) in [7, 11) is 3.72. The fraction of sp³-hybridized carbons (Fsp3) is 0.429. The van der Waals surface area contributed by atoms with E-state index < -0.39 is 0 Å². The van der Waals surface area contributed by atoms with Gasteiger partial charge in [-0.15, -0.1) is 0 Å². The van der Waals surface area contributed by atoms with E-state index in [1.54, 1.807) is 28.9 Å². The highest BCUT2D eigenvalue weighted by Gasteiger charge is 2.30. The van der Waals surface area contributed by atoms with Gasteiger partial charge in [-0.3, -0.25) is 14.2 Å². The third-order valence-electron chi connectivity index (χ3n) is 5.91. The number of ether oxygens (including phenoxy) is 1. The Labute approximate surface area is 184 Å². The summed E-state index contributed by atoms with van der Waals surface area (Å²) >= 11 is 0. The van der Waals surface area contributed by atoms with E-state index in [1.165, 1.54) is 6.33 Å². The molecule has 0 saturated carbocycles. The van der Waals surface area contributed by atoms with Crippen LogP contribution < -0.4 is 4.74 Å². The molecule has 11 heteroatoms. The minimum atomic E-state index is -0.171. The molecule has 4 aromatic rings. The molecule has 0 spiro atoms. The van der Waals surface area contributed by atoms with Gasteiger partial charge >= 0.3 is 0 Å². The number of aryl methyl sites for hydroxylation is 3. The van der Waals surface area contributed by atoms with E-state index in [1.807, 2.05) is 29.4 Å². The first kappa shape index (κ1) is 20.2. The van der Waals surface area contributed by atoms with E-state index in [0.717, 1.165) is 23.6 Å². The first-order valence-electron chi connectivity index (χ1n) is 10.6. The molecule has 11 nitrogen and oxygen atoms in total. The second-order valence-corrected chi connectivity index (χ2v) is 7.96. The average Bonchev–Trinajstić information content (AvgIpc) is 3.56. The van der Waals surface area contributed by atoms with Crippen LogP contribution in [0.15, 0.2) is 24.8 Å². The summed E-state index contributed by atoms with van der Waals surface area (Å²) in [5.41, 5.74) is 3.72. The van der Waals surface area contributed by atoms with Gasteiger partial charge in [0.2, 0.25) is 5.88 Å². The lowest BCUT2D eigenvalue weighted by molar-refractivity contribution is 0.0765. The lowest BCUT2D eigenvalue weighted by Gasteiger charge is -2.15. The van der Waals surface area contributed by atoms with Gasteiger partial charge in [-0.05, 0) is 19.9 Å². The molecule has 1 aliphatic heterocycles. The summed E-state index contributed by atoms with van der Waals surface area (Å²) < 4.78 is 11.7. The van der Waals surface area contributed by atoms with Crippen LogP contribution in [0.4, 0.5) is 0 Å². The third kappa shape index (κ3) is 3.29. The van der Waals surface area contributed by atoms with Gasteiger partial charge in [0.25, 0.3) is 5.91 Å². The van der Waals surface area contributed by atoms with Crippen LogP contribution >= 0.6 is 0 Å². The normalized spacial score (nSPS) is 16.2. The molecule has 0 aliphatic carbocycles. The van der Waals surface area contributed by atoms with Crippen LogP contribution in [0.3, 0.4) is 0 Å². The van der Waals surface area contributed by atoms with Gasteiger partial charge in [0.15, 0.2) is 11.2 Å². The van der Waals surface area contributed by atoms with Crippen molar-refractivity contribution in [2.75, 3.05) is 13.1 Å². The topological polar surface area (TPSA) is 109 Å². The third-order valence-corrected chi connectivity index (χ3v) is 5.91. The van der Waals surface area contributed by atoms with Gasteiger partial charge < -0.3 is 14.2 Å². The van der Waals surface area contributed by atoms with Gasteiger partial charge in [0, 0.05) is 45.5 Å². The summed E-state index contributed by atoms with van der Waals surface area (Å²) in [6.45, 7) is 5.96. The maximum Gasteiger partial charge on any atom is 0.274 e. The lowest BCUT2D eigenvalue weighted by Crippen LogP contribution is -2.31. The zero-order chi connectivity index (χ0) is 22.4. The maximum absolute atomic E-state index is 12.7. The number of aromatic nitrogens is 8. The monoisotopic (exact) mass is 435 g/mol. The smallest absolute Gasteiger partial charge is 0.274 e. The summed E-state index contributed by atoms with van der Waals surface area (Å²) in [6.07, 6.45) is 5.62. The van der Waals surface area contributed by atoms with Crippen LogP contribution in [0.2, 0.25) is 0 Å². The van der Waals surface area contributed by atoms with Crippen molar-refractivity contribution >= 4 is 17.1 Å². The Morgan fingerprint density at radius 3 is 2.84 bits per heavy atom. The minimum Gasteiger partial charge on any atom is -0.471 e. The van der Waals surface area contributed by atoms with Crippen molar-refractivity contribution in [1.29, 1.82) is 0 Å². The largest absolute Gasteiger partial charge is 0.471 e. The van der Waals surface area contributed by atoms with E-state index in [4.69, 9.17) is 9.72 Å². The highest BCUT2D eigenvalue weighted by molar-refractivity contribution is 5.92. The molecular weight excluding hydrogens is 410 g/mol. The number of nitrogens with zero attached hydrogens (tertiary/aromatic N) is 9. The summed E-state index contributed by atoms with van der Waals surface area (Å²) in [5.74, 6) is 1.10. The Kier molecular flexibility index (Phi) is 4.87. The second kappa shape index (κ2) is 7.74. The van der Waals surface area contributed by atoms with Crippen molar-refractivity contribution in [3.63, 3.8) is 0 Å². The fourth-order valence-corrected chi connectivity index (χ4v) is 4.15. The highest BCUT2D eigenvalue weighted by Crippen LogP contribution is 2.30. The predicted molar refractivity (Wildman–Crippen MR) is 116 cm³/mol. The van der Waals surface area contributed by atoms with Crippen LogP contribution in [-0.2, 0) is 20.6 Å². The molecule has 0 N–H and O–H groups in total. The SMILES string of the molecule is CCn1ncc(-c2nc3c(O[C@H]4CCN(C(=O)c5ccn(C)n5)C4)ncnc3n2C)c1C. The van der Waals surface area contributed by atoms with E-state index in [2.05, 4.69) is 27.1 Å². The number of carbonyl (C=O) groups excluding carboxylic acids is 1. The van der Waals surface area contributed by atoms with E-state index in [0.29, 0.717) is 42.2 Å². The Balaban J connectivity index is 1.39. The van der Waals surface area contributed by atoms with Crippen molar-refractivity contribution in [3.8, 4) is 17.3 Å². The molecule has 32 heavy (non-hydrogen) atoms. The lowest BCUT2D eigenvalue weighted by atomic mass is 10.2. The molecule has 1 atom stereocenters. The Hall–Kier alpha value is -3.76. The van der Waals surface area contributed by atoms with Crippen molar-refractivity contribution in [2.45, 2.75) is 32.9 Å². The summed E-state index contributed by atoms with van der Waals surface area (Å²) in [6, 6.07) is 1.72. The molecule has 1 aliphatic rings. The van der Waals surface area contributed by atoms with Gasteiger partial charge in [0.05, 0.1) is 18.3 Å². The van der Waals surface area contributed by atoms with Crippen LogP contribution in [0.5, 0.6) is 5.88 Å². The molecule has 166 valence electrons. The second-order valence-electron chi connectivity index (χ2n) is 7.96. The van der Waals surface area contributed by atoms with Crippen molar-refractivity contribution < 1.29 is 9.53 Å². The van der Waals surface area contributed by atoms with Crippen molar-refractivity contribution in [1.82, 2.24) is 44.0 Å². The van der Waals surface area contributed by atoms with Gasteiger partial charge in [-0.1, -0.05) is 0 Å². The molecule has 0 radical (unpaired) electrons. The van der Waals surface area contributed by atoms with E-state index >= 15 is 0 Å². The quantitative estimate of drug-likeness (QED) is 0.468. The van der Waals surface area contributed by atoms with E-state index in [9.17, 15) is 4.79 Å². The zero-order valence-corrected chi connectivity index (χ0v) is 18.6. The molecule has 5 rings (SSSR count). The Morgan fingerprint density at radius 2 is 2.12 bits per heavy atom. The van der Waals surface area contributed by atoms with Crippen LogP contribution in [-0.4, -0.2) is 69.1 Å². The fourth-order valence-electron chi connectivity index (χ4n) is 4.15. The number of likely N-dealkylation sites (tertiary alicyclic amines) is 1. The summed E-state index contributed by atoms with van der Waals surface area (Å²) in [4.78, 5) is 28.0. The zero-order valence-electron chi connectivity index (χ0n) is 18.6. The molecule has 4 aromatic heterocycles. The average molecular weight is 435 g/mol. The number of fused-ring (bicyclic) bond motifs is 1. The maximum atomic E-state index is 12.7. The van der Waals surface area contributed by atoms with Gasteiger partial charge in [-0.25, -0.2) is 9.97 Å². The molecule has 1 amide bonds. The first-order valence-corrected chi connectivity index (χ1v) is 10.6. The number of amides is 1.